The zero-order chi connectivity index (χ0) is 11.2. The van der Waals surface area contributed by atoms with E-state index < -0.39 is 0 Å². The highest BCUT2D eigenvalue weighted by atomic mass is 16.1. The zero-order valence-corrected chi connectivity index (χ0v) is 9.77. The predicted molar refractivity (Wildman–Crippen MR) is 67.1 cm³/mol. The van der Waals surface area contributed by atoms with Gasteiger partial charge in [-0.05, 0) is 25.3 Å². The Balaban J connectivity index is 1.85. The lowest BCUT2D eigenvalue weighted by Gasteiger charge is -2.18. The molecule has 16 heavy (non-hydrogen) atoms. The fourth-order valence-corrected chi connectivity index (χ4v) is 2.47. The van der Waals surface area contributed by atoms with Crippen molar-refractivity contribution in [3.8, 4) is 0 Å². The second-order valence-corrected chi connectivity index (χ2v) is 4.77. The van der Waals surface area contributed by atoms with Crippen LogP contribution in [-0.2, 0) is 4.79 Å². The SMILES string of the molecule is O=C(/C=C/C1C=CCC=C1)C1CCCCC1. The Bertz CT molecular complexity index is 304. The van der Waals surface area contributed by atoms with Crippen LogP contribution in [0.25, 0.3) is 0 Å². The molecule has 1 nitrogen and oxygen atoms in total. The standard InChI is InChI=1S/C15H20O/c16-15(14-9-5-2-6-10-14)12-11-13-7-3-1-4-8-13/h3-4,7-8,11-14H,1-2,5-6,9-10H2/b12-11+. The Morgan fingerprint density at radius 3 is 2.44 bits per heavy atom. The van der Waals surface area contributed by atoms with Gasteiger partial charge in [-0.3, -0.25) is 4.79 Å². The molecule has 0 aromatic heterocycles. The first-order valence-electron chi connectivity index (χ1n) is 6.41. The van der Waals surface area contributed by atoms with E-state index in [9.17, 15) is 4.79 Å². The second kappa shape index (κ2) is 5.83. The van der Waals surface area contributed by atoms with E-state index in [0.717, 1.165) is 19.3 Å². The maximum atomic E-state index is 11.9. The minimum Gasteiger partial charge on any atom is -0.295 e. The zero-order valence-electron chi connectivity index (χ0n) is 9.77. The number of ketones is 1. The molecule has 2 aliphatic carbocycles. The van der Waals surface area contributed by atoms with E-state index in [-0.39, 0.29) is 0 Å². The van der Waals surface area contributed by atoms with Crippen LogP contribution in [0.1, 0.15) is 38.5 Å². The number of allylic oxidation sites excluding steroid dienone is 6. The van der Waals surface area contributed by atoms with Crippen molar-refractivity contribution >= 4 is 5.78 Å². The first-order valence-corrected chi connectivity index (χ1v) is 6.41. The Kier molecular flexibility index (Phi) is 4.15. The normalized spacial score (nSPS) is 23.0. The molecule has 1 saturated carbocycles. The average molecular weight is 216 g/mol. The number of carbonyl (C=O) groups is 1. The molecule has 0 amide bonds. The van der Waals surface area contributed by atoms with Crippen LogP contribution in [0.2, 0.25) is 0 Å². The first-order chi connectivity index (χ1) is 7.86. The fraction of sp³-hybridized carbons (Fsp3) is 0.533. The van der Waals surface area contributed by atoms with Gasteiger partial charge < -0.3 is 0 Å². The Morgan fingerprint density at radius 1 is 1.06 bits per heavy atom. The highest BCUT2D eigenvalue weighted by Crippen LogP contribution is 2.25. The van der Waals surface area contributed by atoms with Crippen LogP contribution in [0, 0.1) is 11.8 Å². The highest BCUT2D eigenvalue weighted by Gasteiger charge is 2.18. The van der Waals surface area contributed by atoms with Crippen LogP contribution in [0.15, 0.2) is 36.5 Å². The number of hydrogen-bond acceptors (Lipinski definition) is 1. The van der Waals surface area contributed by atoms with Gasteiger partial charge in [0.1, 0.15) is 0 Å². The minimum atomic E-state index is 0.307. The predicted octanol–water partition coefficient (Wildman–Crippen LogP) is 3.82. The van der Waals surface area contributed by atoms with Gasteiger partial charge in [-0.25, -0.2) is 0 Å². The molecule has 1 fully saturated rings. The molecule has 0 aliphatic heterocycles. The van der Waals surface area contributed by atoms with Gasteiger partial charge in [0.15, 0.2) is 5.78 Å². The molecule has 2 rings (SSSR count). The van der Waals surface area contributed by atoms with E-state index in [1.165, 1.54) is 19.3 Å². The van der Waals surface area contributed by atoms with E-state index in [4.69, 9.17) is 0 Å². The van der Waals surface area contributed by atoms with Crippen LogP contribution in [-0.4, -0.2) is 5.78 Å². The van der Waals surface area contributed by atoms with Crippen molar-refractivity contribution in [2.24, 2.45) is 11.8 Å². The molecule has 86 valence electrons. The van der Waals surface area contributed by atoms with Crippen molar-refractivity contribution in [1.82, 2.24) is 0 Å². The average Bonchev–Trinajstić information content (AvgIpc) is 2.38. The topological polar surface area (TPSA) is 17.1 Å². The number of hydrogen-bond donors (Lipinski definition) is 0. The largest absolute Gasteiger partial charge is 0.295 e. The van der Waals surface area contributed by atoms with E-state index >= 15 is 0 Å². The Hall–Kier alpha value is -1.11. The molecular weight excluding hydrogens is 196 g/mol. The van der Waals surface area contributed by atoms with Gasteiger partial charge >= 0.3 is 0 Å². The molecule has 2 aliphatic rings. The van der Waals surface area contributed by atoms with Crippen LogP contribution in [0.3, 0.4) is 0 Å². The molecule has 0 aromatic rings. The van der Waals surface area contributed by atoms with Gasteiger partial charge in [-0.15, -0.1) is 0 Å². The van der Waals surface area contributed by atoms with Gasteiger partial charge in [0.05, 0.1) is 0 Å². The summed E-state index contributed by atoms with van der Waals surface area (Å²) in [5.74, 6) is 0.981. The molecule has 0 radical (unpaired) electrons. The van der Waals surface area contributed by atoms with E-state index in [2.05, 4.69) is 24.3 Å². The molecule has 0 atom stereocenters. The molecule has 0 aromatic carbocycles. The molecule has 0 spiro atoms. The van der Waals surface area contributed by atoms with E-state index in [1.54, 1.807) is 6.08 Å². The van der Waals surface area contributed by atoms with Crippen molar-refractivity contribution in [2.75, 3.05) is 0 Å². The molecule has 0 N–H and O–H groups in total. The smallest absolute Gasteiger partial charge is 0.158 e. The quantitative estimate of drug-likeness (QED) is 0.517. The Morgan fingerprint density at radius 2 is 1.75 bits per heavy atom. The summed E-state index contributed by atoms with van der Waals surface area (Å²) in [6.45, 7) is 0. The maximum Gasteiger partial charge on any atom is 0.158 e. The monoisotopic (exact) mass is 216 g/mol. The third-order valence-corrected chi connectivity index (χ3v) is 3.48. The summed E-state index contributed by atoms with van der Waals surface area (Å²) < 4.78 is 0. The molecule has 0 saturated heterocycles. The van der Waals surface area contributed by atoms with E-state index in [0.29, 0.717) is 17.6 Å². The summed E-state index contributed by atoms with van der Waals surface area (Å²) in [4.78, 5) is 11.9. The summed E-state index contributed by atoms with van der Waals surface area (Å²) in [6, 6.07) is 0. The van der Waals surface area contributed by atoms with Crippen molar-refractivity contribution < 1.29 is 4.79 Å². The van der Waals surface area contributed by atoms with Gasteiger partial charge in [0.2, 0.25) is 0 Å². The molecule has 0 bridgehead atoms. The summed E-state index contributed by atoms with van der Waals surface area (Å²) in [5.41, 5.74) is 0. The molecular formula is C15H20O. The van der Waals surface area contributed by atoms with Gasteiger partial charge in [0, 0.05) is 11.8 Å². The van der Waals surface area contributed by atoms with Crippen LogP contribution >= 0.6 is 0 Å². The fourth-order valence-electron chi connectivity index (χ4n) is 2.47. The van der Waals surface area contributed by atoms with Crippen molar-refractivity contribution in [3.05, 3.63) is 36.5 Å². The summed E-state index contributed by atoms with van der Waals surface area (Å²) in [6.07, 6.45) is 19.4. The van der Waals surface area contributed by atoms with Crippen molar-refractivity contribution in [1.29, 1.82) is 0 Å². The van der Waals surface area contributed by atoms with E-state index in [1.807, 2.05) is 6.08 Å². The van der Waals surface area contributed by atoms with Crippen LogP contribution in [0.4, 0.5) is 0 Å². The molecule has 1 heteroatoms. The lowest BCUT2D eigenvalue weighted by Crippen LogP contribution is -2.15. The number of rotatable bonds is 3. The highest BCUT2D eigenvalue weighted by molar-refractivity contribution is 5.91. The summed E-state index contributed by atoms with van der Waals surface area (Å²) in [5, 5.41) is 0. The van der Waals surface area contributed by atoms with Crippen molar-refractivity contribution in [3.63, 3.8) is 0 Å². The van der Waals surface area contributed by atoms with Crippen LogP contribution < -0.4 is 0 Å². The van der Waals surface area contributed by atoms with Gasteiger partial charge in [-0.2, -0.15) is 0 Å². The maximum absolute atomic E-state index is 11.9. The molecule has 0 unspecified atom stereocenters. The summed E-state index contributed by atoms with van der Waals surface area (Å²) >= 11 is 0. The third-order valence-electron chi connectivity index (χ3n) is 3.48. The Labute approximate surface area is 97.9 Å². The summed E-state index contributed by atoms with van der Waals surface area (Å²) in [7, 11) is 0. The first kappa shape index (κ1) is 11.4. The van der Waals surface area contributed by atoms with Crippen LogP contribution in [0.5, 0.6) is 0 Å². The lowest BCUT2D eigenvalue weighted by atomic mass is 9.86. The molecule has 0 heterocycles. The number of carbonyl (C=O) groups excluding carboxylic acids is 1. The minimum absolute atomic E-state index is 0.307. The second-order valence-electron chi connectivity index (χ2n) is 4.77. The third kappa shape index (κ3) is 3.19. The lowest BCUT2D eigenvalue weighted by molar-refractivity contribution is -0.119. The van der Waals surface area contributed by atoms with Gasteiger partial charge in [0.25, 0.3) is 0 Å². The van der Waals surface area contributed by atoms with Crippen molar-refractivity contribution in [2.45, 2.75) is 38.5 Å². The van der Waals surface area contributed by atoms with Gasteiger partial charge in [-0.1, -0.05) is 49.6 Å².